The minimum absolute atomic E-state index is 0.813. The lowest BCUT2D eigenvalue weighted by Crippen LogP contribution is -2.01. The van der Waals surface area contributed by atoms with Crippen LogP contribution in [0.25, 0.3) is 16.9 Å². The highest BCUT2D eigenvalue weighted by Crippen LogP contribution is 2.27. The molecule has 3 heteroatoms. The minimum atomic E-state index is 0.813. The highest BCUT2D eigenvalue weighted by molar-refractivity contribution is 5.65. The summed E-state index contributed by atoms with van der Waals surface area (Å²) in [6.45, 7) is 4.11. The van der Waals surface area contributed by atoms with Crippen LogP contribution in [-0.4, -0.2) is 9.55 Å². The van der Waals surface area contributed by atoms with Crippen molar-refractivity contribution in [3.63, 3.8) is 0 Å². The van der Waals surface area contributed by atoms with E-state index in [0.717, 1.165) is 28.2 Å². The zero-order valence-electron chi connectivity index (χ0n) is 11.7. The molecule has 0 aliphatic carbocycles. The van der Waals surface area contributed by atoms with Crippen LogP contribution >= 0.6 is 0 Å². The summed E-state index contributed by atoms with van der Waals surface area (Å²) in [6, 6.07) is 14.4. The molecule has 20 heavy (non-hydrogen) atoms. The summed E-state index contributed by atoms with van der Waals surface area (Å²) in [4.78, 5) is 4.20. The van der Waals surface area contributed by atoms with E-state index in [4.69, 9.17) is 5.73 Å². The Morgan fingerprint density at radius 2 is 1.90 bits per heavy atom. The first-order chi connectivity index (χ1) is 9.66. The van der Waals surface area contributed by atoms with Gasteiger partial charge in [-0.3, -0.25) is 4.98 Å². The molecule has 0 amide bonds. The fourth-order valence-electron chi connectivity index (χ4n) is 2.39. The minimum Gasteiger partial charge on any atom is -0.398 e. The van der Waals surface area contributed by atoms with Crippen LogP contribution in [0.1, 0.15) is 11.3 Å². The molecule has 3 aromatic rings. The lowest BCUT2D eigenvalue weighted by atomic mass is 10.1. The van der Waals surface area contributed by atoms with Gasteiger partial charge in [0.25, 0.3) is 0 Å². The molecule has 0 unspecified atom stereocenters. The van der Waals surface area contributed by atoms with Crippen molar-refractivity contribution < 1.29 is 0 Å². The highest BCUT2D eigenvalue weighted by atomic mass is 15.0. The molecule has 0 bridgehead atoms. The number of rotatable bonds is 2. The summed E-state index contributed by atoms with van der Waals surface area (Å²) < 4.78 is 2.20. The number of benzene rings is 1. The SMILES string of the molecule is Cc1ccc(-n2c(C)ccc2-c2cccnc2)cc1N. The third-order valence-electron chi connectivity index (χ3n) is 3.55. The Balaban J connectivity index is 2.19. The molecule has 0 saturated heterocycles. The Bertz CT molecular complexity index is 742. The maximum atomic E-state index is 6.04. The molecule has 3 nitrogen and oxygen atoms in total. The average Bonchev–Trinajstić information content (AvgIpc) is 2.85. The van der Waals surface area contributed by atoms with Crippen molar-refractivity contribution in [2.45, 2.75) is 13.8 Å². The number of pyridine rings is 1. The van der Waals surface area contributed by atoms with Crippen molar-refractivity contribution in [2.24, 2.45) is 0 Å². The Kier molecular flexibility index (Phi) is 3.03. The zero-order chi connectivity index (χ0) is 14.1. The molecular formula is C17H17N3. The number of aryl methyl sites for hydroxylation is 2. The molecule has 2 N–H and O–H groups in total. The standard InChI is InChI=1S/C17H17N3/c1-12-5-7-15(10-16(12)18)20-13(2)6-8-17(20)14-4-3-9-19-11-14/h3-11H,18H2,1-2H3. The molecule has 2 heterocycles. The van der Waals surface area contributed by atoms with E-state index in [2.05, 4.69) is 46.8 Å². The molecule has 0 aliphatic rings. The number of hydrogen-bond acceptors (Lipinski definition) is 2. The summed E-state index contributed by atoms with van der Waals surface area (Å²) in [5, 5.41) is 0. The summed E-state index contributed by atoms with van der Waals surface area (Å²) in [5.41, 5.74) is 12.4. The van der Waals surface area contributed by atoms with E-state index >= 15 is 0 Å². The molecule has 3 rings (SSSR count). The van der Waals surface area contributed by atoms with Crippen LogP contribution in [-0.2, 0) is 0 Å². The van der Waals surface area contributed by atoms with Crippen molar-refractivity contribution in [3.8, 4) is 16.9 Å². The number of nitrogens with zero attached hydrogens (tertiary/aromatic N) is 2. The fraction of sp³-hybridized carbons (Fsp3) is 0.118. The molecule has 0 aliphatic heterocycles. The summed E-state index contributed by atoms with van der Waals surface area (Å²) >= 11 is 0. The van der Waals surface area contributed by atoms with Gasteiger partial charge in [-0.2, -0.15) is 0 Å². The van der Waals surface area contributed by atoms with Crippen molar-refractivity contribution in [3.05, 3.63) is 66.1 Å². The van der Waals surface area contributed by atoms with E-state index in [1.54, 1.807) is 6.20 Å². The average molecular weight is 263 g/mol. The van der Waals surface area contributed by atoms with Gasteiger partial charge in [0.1, 0.15) is 0 Å². The molecule has 0 spiro atoms. The Morgan fingerprint density at radius 1 is 1.05 bits per heavy atom. The number of hydrogen-bond donors (Lipinski definition) is 1. The number of nitrogen functional groups attached to an aromatic ring is 1. The largest absolute Gasteiger partial charge is 0.398 e. The van der Waals surface area contributed by atoms with Crippen LogP contribution < -0.4 is 5.73 Å². The Hall–Kier alpha value is -2.55. The first-order valence-corrected chi connectivity index (χ1v) is 6.62. The molecule has 0 radical (unpaired) electrons. The van der Waals surface area contributed by atoms with E-state index in [0.29, 0.717) is 0 Å². The van der Waals surface area contributed by atoms with Gasteiger partial charge in [0.15, 0.2) is 0 Å². The topological polar surface area (TPSA) is 43.8 Å². The van der Waals surface area contributed by atoms with Gasteiger partial charge in [-0.05, 0) is 55.8 Å². The van der Waals surface area contributed by atoms with Gasteiger partial charge in [0.05, 0.1) is 5.69 Å². The van der Waals surface area contributed by atoms with Crippen LogP contribution in [0.3, 0.4) is 0 Å². The summed E-state index contributed by atoms with van der Waals surface area (Å²) in [6.07, 6.45) is 3.66. The van der Waals surface area contributed by atoms with Crippen molar-refractivity contribution in [2.75, 3.05) is 5.73 Å². The summed E-state index contributed by atoms with van der Waals surface area (Å²) in [5.74, 6) is 0. The molecule has 1 aromatic carbocycles. The van der Waals surface area contributed by atoms with E-state index < -0.39 is 0 Å². The number of anilines is 1. The predicted molar refractivity (Wildman–Crippen MR) is 82.9 cm³/mol. The third kappa shape index (κ3) is 2.07. The number of nitrogens with two attached hydrogens (primary N) is 1. The lowest BCUT2D eigenvalue weighted by molar-refractivity contribution is 1.02. The first-order valence-electron chi connectivity index (χ1n) is 6.62. The smallest absolute Gasteiger partial charge is 0.0546 e. The highest BCUT2D eigenvalue weighted by Gasteiger charge is 2.10. The molecule has 100 valence electrons. The van der Waals surface area contributed by atoms with Gasteiger partial charge in [0.2, 0.25) is 0 Å². The van der Waals surface area contributed by atoms with E-state index in [-0.39, 0.29) is 0 Å². The second kappa shape index (κ2) is 4.85. The quantitative estimate of drug-likeness (QED) is 0.716. The van der Waals surface area contributed by atoms with E-state index in [1.807, 2.05) is 25.3 Å². The monoisotopic (exact) mass is 263 g/mol. The maximum Gasteiger partial charge on any atom is 0.0546 e. The molecular weight excluding hydrogens is 246 g/mol. The molecule has 0 fully saturated rings. The van der Waals surface area contributed by atoms with Gasteiger partial charge in [0, 0.05) is 35.0 Å². The van der Waals surface area contributed by atoms with Crippen LogP contribution in [0.4, 0.5) is 5.69 Å². The third-order valence-corrected chi connectivity index (χ3v) is 3.55. The summed E-state index contributed by atoms with van der Waals surface area (Å²) in [7, 11) is 0. The van der Waals surface area contributed by atoms with E-state index in [1.165, 1.54) is 5.69 Å². The van der Waals surface area contributed by atoms with Crippen molar-refractivity contribution >= 4 is 5.69 Å². The maximum absolute atomic E-state index is 6.04. The fourth-order valence-corrected chi connectivity index (χ4v) is 2.39. The van der Waals surface area contributed by atoms with E-state index in [9.17, 15) is 0 Å². The van der Waals surface area contributed by atoms with Gasteiger partial charge in [-0.15, -0.1) is 0 Å². The van der Waals surface area contributed by atoms with Gasteiger partial charge in [-0.1, -0.05) is 6.07 Å². The van der Waals surface area contributed by atoms with Gasteiger partial charge < -0.3 is 10.3 Å². The lowest BCUT2D eigenvalue weighted by Gasteiger charge is -2.13. The van der Waals surface area contributed by atoms with Gasteiger partial charge in [-0.25, -0.2) is 0 Å². The second-order valence-corrected chi connectivity index (χ2v) is 4.98. The predicted octanol–water partition coefficient (Wildman–Crippen LogP) is 3.74. The Morgan fingerprint density at radius 3 is 2.60 bits per heavy atom. The molecule has 0 atom stereocenters. The van der Waals surface area contributed by atoms with Gasteiger partial charge >= 0.3 is 0 Å². The van der Waals surface area contributed by atoms with Crippen LogP contribution in [0.5, 0.6) is 0 Å². The van der Waals surface area contributed by atoms with Crippen LogP contribution in [0.2, 0.25) is 0 Å². The molecule has 0 saturated carbocycles. The van der Waals surface area contributed by atoms with Crippen LogP contribution in [0, 0.1) is 13.8 Å². The second-order valence-electron chi connectivity index (χ2n) is 4.98. The molecule has 2 aromatic heterocycles. The van der Waals surface area contributed by atoms with Crippen LogP contribution in [0.15, 0.2) is 54.9 Å². The normalized spacial score (nSPS) is 10.7. The first kappa shape index (κ1) is 12.5. The zero-order valence-corrected chi connectivity index (χ0v) is 11.7. The Labute approximate surface area is 118 Å². The van der Waals surface area contributed by atoms with Crippen molar-refractivity contribution in [1.29, 1.82) is 0 Å². The number of aromatic nitrogens is 2. The van der Waals surface area contributed by atoms with Crippen molar-refractivity contribution in [1.82, 2.24) is 9.55 Å².